The Morgan fingerprint density at radius 3 is 2.35 bits per heavy atom. The first-order chi connectivity index (χ1) is 9.52. The largest absolute Gasteiger partial charge is 0.396 e. The number of nitrogen functional groups attached to an aromatic ring is 1. The number of carbonyl (C=O) groups excluding carboxylic acids is 1. The van der Waals surface area contributed by atoms with Gasteiger partial charge in [-0.05, 0) is 49.4 Å². The number of anilines is 2. The number of amides is 1. The highest BCUT2D eigenvalue weighted by atomic mass is 19.1. The van der Waals surface area contributed by atoms with Crippen molar-refractivity contribution in [2.45, 2.75) is 6.92 Å². The third-order valence-corrected chi connectivity index (χ3v) is 2.95. The minimum Gasteiger partial charge on any atom is -0.396 e. The van der Waals surface area contributed by atoms with Crippen molar-refractivity contribution in [1.29, 1.82) is 0 Å². The lowest BCUT2D eigenvalue weighted by Crippen LogP contribution is -2.30. The second-order valence-corrected chi connectivity index (χ2v) is 4.26. The maximum atomic E-state index is 13.4. The minimum absolute atomic E-state index is 0.00798. The molecule has 3 nitrogen and oxygen atoms in total. The van der Waals surface area contributed by atoms with Crippen molar-refractivity contribution in [2.24, 2.45) is 0 Å². The number of hydrogen-bond acceptors (Lipinski definition) is 2. The maximum absolute atomic E-state index is 13.4. The van der Waals surface area contributed by atoms with Crippen LogP contribution < -0.4 is 10.6 Å². The molecular formula is C15H14F2N2O. The summed E-state index contributed by atoms with van der Waals surface area (Å²) < 4.78 is 26.3. The molecule has 2 aromatic carbocycles. The second kappa shape index (κ2) is 5.69. The Bertz CT molecular complexity index is 626. The normalized spacial score (nSPS) is 10.3. The van der Waals surface area contributed by atoms with Crippen LogP contribution in [0.1, 0.15) is 17.3 Å². The summed E-state index contributed by atoms with van der Waals surface area (Å²) in [6, 6.07) is 9.47. The predicted molar refractivity (Wildman–Crippen MR) is 74.6 cm³/mol. The van der Waals surface area contributed by atoms with Crippen LogP contribution in [0.25, 0.3) is 0 Å². The Morgan fingerprint density at radius 2 is 1.80 bits per heavy atom. The minimum atomic E-state index is -0.633. The molecule has 0 aliphatic carbocycles. The molecule has 5 heteroatoms. The molecule has 2 aromatic rings. The van der Waals surface area contributed by atoms with Crippen molar-refractivity contribution < 1.29 is 13.6 Å². The Morgan fingerprint density at radius 1 is 1.15 bits per heavy atom. The molecule has 0 radical (unpaired) electrons. The van der Waals surface area contributed by atoms with Crippen LogP contribution in [-0.2, 0) is 0 Å². The number of carbonyl (C=O) groups is 1. The fourth-order valence-electron chi connectivity index (χ4n) is 1.88. The lowest BCUT2D eigenvalue weighted by atomic mass is 10.1. The van der Waals surface area contributed by atoms with E-state index in [1.165, 1.54) is 41.3 Å². The highest BCUT2D eigenvalue weighted by molar-refractivity contribution is 6.06. The molecule has 0 aromatic heterocycles. The summed E-state index contributed by atoms with van der Waals surface area (Å²) in [6.45, 7) is 2.17. The molecular weight excluding hydrogens is 262 g/mol. The zero-order chi connectivity index (χ0) is 14.7. The third kappa shape index (κ3) is 2.77. The molecule has 0 atom stereocenters. The lowest BCUT2D eigenvalue weighted by molar-refractivity contribution is 0.0988. The van der Waals surface area contributed by atoms with Gasteiger partial charge in [0, 0.05) is 17.8 Å². The van der Waals surface area contributed by atoms with E-state index >= 15 is 0 Å². The van der Waals surface area contributed by atoms with Crippen molar-refractivity contribution in [3.8, 4) is 0 Å². The van der Waals surface area contributed by atoms with Crippen LogP contribution in [0.15, 0.2) is 42.5 Å². The van der Waals surface area contributed by atoms with E-state index in [1.807, 2.05) is 0 Å². The van der Waals surface area contributed by atoms with Gasteiger partial charge in [-0.25, -0.2) is 8.78 Å². The van der Waals surface area contributed by atoms with Gasteiger partial charge in [0.1, 0.15) is 11.6 Å². The van der Waals surface area contributed by atoms with E-state index in [1.54, 1.807) is 6.92 Å². The van der Waals surface area contributed by atoms with E-state index in [9.17, 15) is 13.6 Å². The topological polar surface area (TPSA) is 46.3 Å². The van der Waals surface area contributed by atoms with Gasteiger partial charge in [0.25, 0.3) is 5.91 Å². The summed E-state index contributed by atoms with van der Waals surface area (Å²) in [6.07, 6.45) is 0. The van der Waals surface area contributed by atoms with Crippen LogP contribution in [0, 0.1) is 11.6 Å². The molecule has 0 aliphatic heterocycles. The fourth-order valence-corrected chi connectivity index (χ4v) is 1.88. The van der Waals surface area contributed by atoms with Gasteiger partial charge in [0.15, 0.2) is 0 Å². The van der Waals surface area contributed by atoms with E-state index < -0.39 is 5.82 Å². The van der Waals surface area contributed by atoms with Crippen LogP contribution in [-0.4, -0.2) is 12.5 Å². The Kier molecular flexibility index (Phi) is 3.98. The van der Waals surface area contributed by atoms with Crippen molar-refractivity contribution in [3.05, 3.63) is 59.7 Å². The number of benzene rings is 2. The van der Waals surface area contributed by atoms with Gasteiger partial charge in [-0.1, -0.05) is 0 Å². The van der Waals surface area contributed by atoms with E-state index in [0.717, 1.165) is 6.07 Å². The summed E-state index contributed by atoms with van der Waals surface area (Å²) in [5.41, 5.74) is 6.12. The standard InChI is InChI=1S/C15H14F2N2O/c1-2-19(12-6-4-11(16)5-7-12)15(20)10-3-8-14(18)13(17)9-10/h3-9H,2,18H2,1H3. The lowest BCUT2D eigenvalue weighted by Gasteiger charge is -2.21. The molecule has 0 fully saturated rings. The smallest absolute Gasteiger partial charge is 0.258 e. The summed E-state index contributed by atoms with van der Waals surface area (Å²) in [7, 11) is 0. The quantitative estimate of drug-likeness (QED) is 0.875. The second-order valence-electron chi connectivity index (χ2n) is 4.26. The molecule has 1 amide bonds. The zero-order valence-corrected chi connectivity index (χ0v) is 10.9. The van der Waals surface area contributed by atoms with Gasteiger partial charge in [0.2, 0.25) is 0 Å². The van der Waals surface area contributed by atoms with Crippen molar-refractivity contribution >= 4 is 17.3 Å². The van der Waals surface area contributed by atoms with E-state index in [2.05, 4.69) is 0 Å². The van der Waals surface area contributed by atoms with Gasteiger partial charge in [-0.2, -0.15) is 0 Å². The monoisotopic (exact) mass is 276 g/mol. The average molecular weight is 276 g/mol. The van der Waals surface area contributed by atoms with Crippen molar-refractivity contribution in [1.82, 2.24) is 0 Å². The third-order valence-electron chi connectivity index (χ3n) is 2.95. The summed E-state index contributed by atoms with van der Waals surface area (Å²) in [4.78, 5) is 13.8. The molecule has 20 heavy (non-hydrogen) atoms. The molecule has 0 heterocycles. The van der Waals surface area contributed by atoms with Gasteiger partial charge in [-0.3, -0.25) is 4.79 Å². The Hall–Kier alpha value is -2.43. The highest BCUT2D eigenvalue weighted by Gasteiger charge is 2.17. The van der Waals surface area contributed by atoms with E-state index in [0.29, 0.717) is 12.2 Å². The van der Waals surface area contributed by atoms with E-state index in [4.69, 9.17) is 5.73 Å². The molecule has 104 valence electrons. The van der Waals surface area contributed by atoms with Crippen LogP contribution in [0.2, 0.25) is 0 Å². The van der Waals surface area contributed by atoms with Gasteiger partial charge >= 0.3 is 0 Å². The molecule has 2 rings (SSSR count). The zero-order valence-electron chi connectivity index (χ0n) is 10.9. The van der Waals surface area contributed by atoms with Crippen LogP contribution in [0.5, 0.6) is 0 Å². The molecule has 0 bridgehead atoms. The number of rotatable bonds is 3. The molecule has 2 N–H and O–H groups in total. The number of nitrogens with two attached hydrogens (primary N) is 1. The van der Waals surface area contributed by atoms with Crippen molar-refractivity contribution in [3.63, 3.8) is 0 Å². The average Bonchev–Trinajstić information content (AvgIpc) is 2.44. The van der Waals surface area contributed by atoms with Crippen molar-refractivity contribution in [2.75, 3.05) is 17.2 Å². The summed E-state index contributed by atoms with van der Waals surface area (Å²) in [5, 5.41) is 0. The predicted octanol–water partition coefficient (Wildman–Crippen LogP) is 3.21. The maximum Gasteiger partial charge on any atom is 0.258 e. The fraction of sp³-hybridized carbons (Fsp3) is 0.133. The highest BCUT2D eigenvalue weighted by Crippen LogP contribution is 2.19. The number of halogens is 2. The van der Waals surface area contributed by atoms with Gasteiger partial charge in [0.05, 0.1) is 5.69 Å². The molecule has 0 saturated heterocycles. The first-order valence-corrected chi connectivity index (χ1v) is 6.15. The molecule has 0 unspecified atom stereocenters. The summed E-state index contributed by atoms with van der Waals surface area (Å²) >= 11 is 0. The van der Waals surface area contributed by atoms with Gasteiger partial charge in [-0.15, -0.1) is 0 Å². The number of nitrogens with zero attached hydrogens (tertiary/aromatic N) is 1. The summed E-state index contributed by atoms with van der Waals surface area (Å²) in [5.74, 6) is -1.38. The number of hydrogen-bond donors (Lipinski definition) is 1. The van der Waals surface area contributed by atoms with Crippen LogP contribution in [0.3, 0.4) is 0 Å². The van der Waals surface area contributed by atoms with Crippen LogP contribution >= 0.6 is 0 Å². The van der Waals surface area contributed by atoms with E-state index in [-0.39, 0.29) is 23.0 Å². The molecule has 0 spiro atoms. The van der Waals surface area contributed by atoms with Crippen LogP contribution in [0.4, 0.5) is 20.2 Å². The first-order valence-electron chi connectivity index (χ1n) is 6.15. The first kappa shape index (κ1) is 14.0. The van der Waals surface area contributed by atoms with Gasteiger partial charge < -0.3 is 10.6 Å². The molecule has 0 aliphatic rings. The SMILES string of the molecule is CCN(C(=O)c1ccc(N)c(F)c1)c1ccc(F)cc1. The Balaban J connectivity index is 2.33. The Labute approximate surface area is 115 Å². The molecule has 0 saturated carbocycles.